The highest BCUT2D eigenvalue weighted by atomic mass is 35.5. The van der Waals surface area contributed by atoms with Gasteiger partial charge in [0.1, 0.15) is 0 Å². The Labute approximate surface area is 154 Å². The molecule has 1 heterocycles. The highest BCUT2D eigenvalue weighted by Gasteiger charge is 2.26. The molecule has 5 nitrogen and oxygen atoms in total. The first kappa shape index (κ1) is 22.4. The van der Waals surface area contributed by atoms with Crippen molar-refractivity contribution in [1.29, 1.82) is 0 Å². The number of nitrogens with one attached hydrogen (secondary N) is 1. The molecule has 1 fully saturated rings. The molecular weight excluding hydrogens is 361 g/mol. The van der Waals surface area contributed by atoms with Crippen molar-refractivity contribution in [2.24, 2.45) is 5.92 Å². The van der Waals surface area contributed by atoms with E-state index in [9.17, 15) is 10.1 Å². The maximum absolute atomic E-state index is 11.0. The molecule has 0 spiro atoms. The van der Waals surface area contributed by atoms with Crippen molar-refractivity contribution in [3.05, 3.63) is 38.9 Å². The van der Waals surface area contributed by atoms with E-state index in [0.717, 1.165) is 38.2 Å². The van der Waals surface area contributed by atoms with Crippen LogP contribution in [0.2, 0.25) is 5.02 Å². The average molecular weight is 385 g/mol. The van der Waals surface area contributed by atoms with Gasteiger partial charge in [-0.25, -0.2) is 0 Å². The minimum Gasteiger partial charge on any atom is -0.314 e. The summed E-state index contributed by atoms with van der Waals surface area (Å²) < 4.78 is 0. The number of non-ortho nitro benzene ring substituents is 1. The average Bonchev–Trinajstić information content (AvgIpc) is 2.46. The predicted molar refractivity (Wildman–Crippen MR) is 99.2 cm³/mol. The Balaban J connectivity index is 0.00000242. The zero-order chi connectivity index (χ0) is 15.4. The lowest BCUT2D eigenvalue weighted by Crippen LogP contribution is -2.45. The first-order chi connectivity index (χ1) is 9.99. The Morgan fingerprint density at radius 2 is 1.91 bits per heavy atom. The molecule has 0 aliphatic carbocycles. The van der Waals surface area contributed by atoms with Gasteiger partial charge in [0.2, 0.25) is 0 Å². The van der Waals surface area contributed by atoms with E-state index in [1.165, 1.54) is 6.07 Å². The second-order valence-corrected chi connectivity index (χ2v) is 6.30. The summed E-state index contributed by atoms with van der Waals surface area (Å²) in [5, 5.41) is 15.0. The van der Waals surface area contributed by atoms with Gasteiger partial charge < -0.3 is 5.32 Å². The van der Waals surface area contributed by atoms with Crippen molar-refractivity contribution in [2.45, 2.75) is 26.3 Å². The summed E-state index contributed by atoms with van der Waals surface area (Å²) in [7, 11) is 0. The second kappa shape index (κ2) is 10.3. The second-order valence-electron chi connectivity index (χ2n) is 5.89. The molecule has 1 aliphatic heterocycles. The van der Waals surface area contributed by atoms with E-state index in [1.54, 1.807) is 12.1 Å². The number of nitro benzene ring substituents is 1. The van der Waals surface area contributed by atoms with Crippen molar-refractivity contribution >= 4 is 42.1 Å². The lowest BCUT2D eigenvalue weighted by atomic mass is 9.94. The van der Waals surface area contributed by atoms with Crippen molar-refractivity contribution in [3.63, 3.8) is 0 Å². The number of benzene rings is 1. The molecule has 1 aromatic carbocycles. The van der Waals surface area contributed by atoms with E-state index in [0.29, 0.717) is 10.9 Å². The van der Waals surface area contributed by atoms with Gasteiger partial charge in [-0.15, -0.1) is 24.8 Å². The largest absolute Gasteiger partial charge is 0.314 e. The molecule has 0 bridgehead atoms. The zero-order valence-corrected chi connectivity index (χ0v) is 15.7. The Hall–Kier alpha value is -0.590. The van der Waals surface area contributed by atoms with Crippen molar-refractivity contribution in [2.75, 3.05) is 26.2 Å². The summed E-state index contributed by atoms with van der Waals surface area (Å²) in [5.41, 5.74) is 0.986. The Morgan fingerprint density at radius 3 is 2.43 bits per heavy atom. The first-order valence-electron chi connectivity index (χ1n) is 7.37. The van der Waals surface area contributed by atoms with Crippen LogP contribution in [0.15, 0.2) is 18.2 Å². The first-order valence-corrected chi connectivity index (χ1v) is 7.75. The van der Waals surface area contributed by atoms with Crippen LogP contribution >= 0.6 is 36.4 Å². The standard InChI is InChI=1S/C15H22ClN3O2.2ClH/c1-11(2)9-15(18-7-5-17-6-8-18)13-10-12(19(20)21)3-4-14(13)16;;/h3-4,10-11,15,17H,5-9H2,1-2H3;2*1H/t15-;;/m1../s1. The molecule has 1 atom stereocenters. The molecule has 132 valence electrons. The summed E-state index contributed by atoms with van der Waals surface area (Å²) in [4.78, 5) is 13.0. The van der Waals surface area contributed by atoms with E-state index in [2.05, 4.69) is 24.1 Å². The van der Waals surface area contributed by atoms with E-state index < -0.39 is 0 Å². The topological polar surface area (TPSA) is 58.4 Å². The Kier molecular flexibility index (Phi) is 10.0. The highest BCUT2D eigenvalue weighted by molar-refractivity contribution is 6.31. The third-order valence-corrected chi connectivity index (χ3v) is 4.18. The van der Waals surface area contributed by atoms with E-state index in [4.69, 9.17) is 11.6 Å². The van der Waals surface area contributed by atoms with Crippen LogP contribution in [0.3, 0.4) is 0 Å². The normalized spacial score (nSPS) is 16.3. The van der Waals surface area contributed by atoms with Gasteiger partial charge in [-0.2, -0.15) is 0 Å². The fraction of sp³-hybridized carbons (Fsp3) is 0.600. The molecule has 23 heavy (non-hydrogen) atoms. The predicted octanol–water partition coefficient (Wildman–Crippen LogP) is 4.08. The Bertz CT molecular complexity index is 509. The lowest BCUT2D eigenvalue weighted by molar-refractivity contribution is -0.385. The number of nitro groups is 1. The van der Waals surface area contributed by atoms with Gasteiger partial charge in [0, 0.05) is 49.4 Å². The highest BCUT2D eigenvalue weighted by Crippen LogP contribution is 2.35. The smallest absolute Gasteiger partial charge is 0.269 e. The number of nitrogens with zero attached hydrogens (tertiary/aromatic N) is 2. The van der Waals surface area contributed by atoms with Crippen LogP contribution in [0.5, 0.6) is 0 Å². The van der Waals surface area contributed by atoms with Crippen molar-refractivity contribution in [1.82, 2.24) is 10.2 Å². The number of hydrogen-bond donors (Lipinski definition) is 1. The van der Waals surface area contributed by atoms with Crippen molar-refractivity contribution in [3.8, 4) is 0 Å². The molecule has 0 unspecified atom stereocenters. The maximum atomic E-state index is 11.0. The summed E-state index contributed by atoms with van der Waals surface area (Å²) in [5.74, 6) is 0.500. The number of rotatable bonds is 5. The molecule has 1 aliphatic rings. The molecule has 2 rings (SSSR count). The Morgan fingerprint density at radius 1 is 1.30 bits per heavy atom. The minimum absolute atomic E-state index is 0. The molecular formula is C15H24Cl3N3O2. The number of hydrogen-bond acceptors (Lipinski definition) is 4. The molecule has 0 amide bonds. The third kappa shape index (κ3) is 6.08. The quantitative estimate of drug-likeness (QED) is 0.614. The van der Waals surface area contributed by atoms with Crippen LogP contribution in [0, 0.1) is 16.0 Å². The lowest BCUT2D eigenvalue weighted by Gasteiger charge is -2.36. The van der Waals surface area contributed by atoms with Crippen LogP contribution in [0.1, 0.15) is 31.9 Å². The van der Waals surface area contributed by atoms with Gasteiger partial charge in [0.25, 0.3) is 5.69 Å². The zero-order valence-electron chi connectivity index (χ0n) is 13.3. The van der Waals surface area contributed by atoms with Crippen molar-refractivity contribution < 1.29 is 4.92 Å². The van der Waals surface area contributed by atoms with Crippen LogP contribution in [0.25, 0.3) is 0 Å². The van der Waals surface area contributed by atoms with Gasteiger partial charge >= 0.3 is 0 Å². The van der Waals surface area contributed by atoms with E-state index >= 15 is 0 Å². The molecule has 1 aromatic rings. The molecule has 8 heteroatoms. The minimum atomic E-state index is -0.357. The van der Waals surface area contributed by atoms with Gasteiger partial charge in [-0.3, -0.25) is 15.0 Å². The summed E-state index contributed by atoms with van der Waals surface area (Å²) in [6.45, 7) is 8.11. The van der Waals surface area contributed by atoms with Gasteiger partial charge in [0.15, 0.2) is 0 Å². The maximum Gasteiger partial charge on any atom is 0.269 e. The SMILES string of the molecule is CC(C)C[C@H](c1cc([N+](=O)[O-])ccc1Cl)N1CCNCC1.Cl.Cl. The van der Waals surface area contributed by atoms with E-state index in [-0.39, 0.29) is 41.5 Å². The summed E-state index contributed by atoms with van der Waals surface area (Å²) >= 11 is 6.33. The fourth-order valence-corrected chi connectivity index (χ4v) is 3.06. The van der Waals surface area contributed by atoms with Crippen LogP contribution in [0.4, 0.5) is 5.69 Å². The fourth-order valence-electron chi connectivity index (χ4n) is 2.81. The van der Waals surface area contributed by atoms with Crippen LogP contribution < -0.4 is 5.32 Å². The van der Waals surface area contributed by atoms with Crippen LogP contribution in [-0.2, 0) is 0 Å². The molecule has 0 aromatic heterocycles. The van der Waals surface area contributed by atoms with Gasteiger partial charge in [-0.05, 0) is 24.0 Å². The molecule has 0 saturated carbocycles. The molecule has 0 radical (unpaired) electrons. The number of halogens is 3. The molecule has 1 saturated heterocycles. The molecule has 1 N–H and O–H groups in total. The van der Waals surface area contributed by atoms with Gasteiger partial charge in [0.05, 0.1) is 4.92 Å². The van der Waals surface area contributed by atoms with Gasteiger partial charge in [-0.1, -0.05) is 25.4 Å². The number of piperazine rings is 1. The summed E-state index contributed by atoms with van der Waals surface area (Å²) in [6, 6.07) is 4.89. The van der Waals surface area contributed by atoms with E-state index in [1.807, 2.05) is 0 Å². The van der Waals surface area contributed by atoms with Crippen LogP contribution in [-0.4, -0.2) is 36.0 Å². The third-order valence-electron chi connectivity index (χ3n) is 3.84. The monoisotopic (exact) mass is 383 g/mol. The summed E-state index contributed by atoms with van der Waals surface area (Å²) in [6.07, 6.45) is 0.945.